The maximum absolute atomic E-state index is 13.3. The molecule has 6 heteroatoms. The van der Waals surface area contributed by atoms with E-state index in [1.165, 1.54) is 4.90 Å². The number of hydrogen-bond donors (Lipinski definition) is 2. The van der Waals surface area contributed by atoms with Crippen molar-refractivity contribution in [3.8, 4) is 0 Å². The Morgan fingerprint density at radius 2 is 2.17 bits per heavy atom. The van der Waals surface area contributed by atoms with Gasteiger partial charge in [0.15, 0.2) is 5.82 Å². The van der Waals surface area contributed by atoms with Crippen molar-refractivity contribution in [2.24, 2.45) is 0 Å². The molecule has 0 unspecified atom stereocenters. The summed E-state index contributed by atoms with van der Waals surface area (Å²) in [6.45, 7) is 0.0175. The van der Waals surface area contributed by atoms with Crippen molar-refractivity contribution in [1.82, 2.24) is 5.32 Å². The van der Waals surface area contributed by atoms with E-state index in [0.29, 0.717) is 0 Å². The predicted octanol–water partition coefficient (Wildman–Crippen LogP) is 1.26. The van der Waals surface area contributed by atoms with Gasteiger partial charge in [-0.05, 0) is 18.9 Å². The summed E-state index contributed by atoms with van der Waals surface area (Å²) in [6.07, 6.45) is 1.98. The van der Waals surface area contributed by atoms with Gasteiger partial charge in [0.2, 0.25) is 5.91 Å². The largest absolute Gasteiger partial charge is 0.395 e. The first-order valence-electron chi connectivity index (χ1n) is 5.72. The first-order valence-corrected chi connectivity index (χ1v) is 5.72. The van der Waals surface area contributed by atoms with Crippen LogP contribution in [0.15, 0.2) is 12.1 Å². The highest BCUT2D eigenvalue weighted by Gasteiger charge is 2.24. The summed E-state index contributed by atoms with van der Waals surface area (Å²) in [4.78, 5) is 13.0. The van der Waals surface area contributed by atoms with E-state index in [1.807, 2.05) is 0 Å². The van der Waals surface area contributed by atoms with E-state index in [0.717, 1.165) is 25.0 Å². The monoisotopic (exact) mass is 255 g/mol. The summed E-state index contributed by atoms with van der Waals surface area (Å²) in [5, 5.41) is 2.79. The molecule has 0 spiro atoms. The van der Waals surface area contributed by atoms with Gasteiger partial charge < -0.3 is 16.0 Å². The third-order valence-corrected chi connectivity index (χ3v) is 2.81. The molecule has 0 radical (unpaired) electrons. The van der Waals surface area contributed by atoms with Gasteiger partial charge in [-0.3, -0.25) is 4.79 Å². The van der Waals surface area contributed by atoms with Crippen LogP contribution in [0.3, 0.4) is 0 Å². The topological polar surface area (TPSA) is 58.4 Å². The van der Waals surface area contributed by atoms with Gasteiger partial charge >= 0.3 is 0 Å². The number of rotatable bonds is 4. The van der Waals surface area contributed by atoms with E-state index in [4.69, 9.17) is 5.73 Å². The van der Waals surface area contributed by atoms with Gasteiger partial charge in [-0.2, -0.15) is 0 Å². The molecule has 1 aromatic carbocycles. The molecule has 98 valence electrons. The van der Waals surface area contributed by atoms with Crippen molar-refractivity contribution in [2.75, 3.05) is 24.2 Å². The highest BCUT2D eigenvalue weighted by atomic mass is 19.1. The van der Waals surface area contributed by atoms with Crippen LogP contribution >= 0.6 is 0 Å². The number of benzene rings is 1. The number of nitrogen functional groups attached to an aromatic ring is 1. The van der Waals surface area contributed by atoms with E-state index < -0.39 is 11.6 Å². The Balaban J connectivity index is 2.07. The molecule has 1 fully saturated rings. The number of amides is 1. The zero-order valence-corrected chi connectivity index (χ0v) is 10.0. The Morgan fingerprint density at radius 3 is 2.78 bits per heavy atom. The van der Waals surface area contributed by atoms with Crippen LogP contribution in [0.2, 0.25) is 0 Å². The van der Waals surface area contributed by atoms with Gasteiger partial charge in [0, 0.05) is 19.2 Å². The fourth-order valence-corrected chi connectivity index (χ4v) is 1.69. The number of anilines is 2. The van der Waals surface area contributed by atoms with Crippen molar-refractivity contribution in [3.05, 3.63) is 23.8 Å². The zero-order chi connectivity index (χ0) is 13.3. The quantitative estimate of drug-likeness (QED) is 0.796. The minimum absolute atomic E-state index is 0.0175. The van der Waals surface area contributed by atoms with Crippen LogP contribution < -0.4 is 16.0 Å². The molecular weight excluding hydrogens is 240 g/mol. The van der Waals surface area contributed by atoms with Crippen LogP contribution in [0.4, 0.5) is 20.2 Å². The molecule has 4 nitrogen and oxygen atoms in total. The second-order valence-electron chi connectivity index (χ2n) is 4.52. The Bertz CT molecular complexity index is 475. The second-order valence-corrected chi connectivity index (χ2v) is 4.52. The highest BCUT2D eigenvalue weighted by molar-refractivity contribution is 5.83. The minimum atomic E-state index is -0.820. The fraction of sp³-hybridized carbons (Fsp3) is 0.417. The second kappa shape index (κ2) is 4.80. The molecule has 0 bridgehead atoms. The van der Waals surface area contributed by atoms with Crippen LogP contribution in [-0.4, -0.2) is 25.5 Å². The van der Waals surface area contributed by atoms with Crippen LogP contribution in [0.1, 0.15) is 12.8 Å². The maximum atomic E-state index is 13.3. The standard InChI is InChI=1S/C12H15F2N3O/c1-17(6-11(18)16-8-2-3-8)10-5-7(13)4-9(14)12(10)15/h4-5,8H,2-3,6,15H2,1H3,(H,16,18). The van der Waals surface area contributed by atoms with Crippen molar-refractivity contribution in [2.45, 2.75) is 18.9 Å². The number of likely N-dealkylation sites (N-methyl/N-ethyl adjacent to an activating group) is 1. The summed E-state index contributed by atoms with van der Waals surface area (Å²) >= 11 is 0. The van der Waals surface area contributed by atoms with Crippen LogP contribution in [0, 0.1) is 11.6 Å². The van der Waals surface area contributed by atoms with Crippen molar-refractivity contribution in [1.29, 1.82) is 0 Å². The fourth-order valence-electron chi connectivity index (χ4n) is 1.69. The molecular formula is C12H15F2N3O. The lowest BCUT2D eigenvalue weighted by molar-refractivity contribution is -0.119. The average Bonchev–Trinajstić information content (AvgIpc) is 3.06. The van der Waals surface area contributed by atoms with E-state index in [2.05, 4.69) is 5.32 Å². The number of halogens is 2. The van der Waals surface area contributed by atoms with Crippen molar-refractivity contribution in [3.63, 3.8) is 0 Å². The summed E-state index contributed by atoms with van der Waals surface area (Å²) in [5.41, 5.74) is 5.55. The third kappa shape index (κ3) is 2.88. The number of carbonyl (C=O) groups excluding carboxylic acids is 1. The summed E-state index contributed by atoms with van der Waals surface area (Å²) in [6, 6.07) is 2.09. The predicted molar refractivity (Wildman–Crippen MR) is 65.2 cm³/mol. The summed E-state index contributed by atoms with van der Waals surface area (Å²) in [7, 11) is 1.57. The van der Waals surface area contributed by atoms with E-state index in [1.54, 1.807) is 7.05 Å². The smallest absolute Gasteiger partial charge is 0.239 e. The average molecular weight is 255 g/mol. The number of hydrogen-bond acceptors (Lipinski definition) is 3. The van der Waals surface area contributed by atoms with Gasteiger partial charge in [-0.25, -0.2) is 8.78 Å². The Morgan fingerprint density at radius 1 is 1.50 bits per heavy atom. The Hall–Kier alpha value is -1.85. The molecule has 1 aliphatic rings. The first-order chi connectivity index (χ1) is 8.47. The van der Waals surface area contributed by atoms with Gasteiger partial charge in [0.1, 0.15) is 5.82 Å². The lowest BCUT2D eigenvalue weighted by Crippen LogP contribution is -2.36. The number of nitrogens with zero attached hydrogens (tertiary/aromatic N) is 1. The molecule has 18 heavy (non-hydrogen) atoms. The molecule has 0 atom stereocenters. The number of carbonyl (C=O) groups is 1. The maximum Gasteiger partial charge on any atom is 0.239 e. The summed E-state index contributed by atoms with van der Waals surface area (Å²) in [5.74, 6) is -1.71. The van der Waals surface area contributed by atoms with Crippen molar-refractivity contribution < 1.29 is 13.6 Å². The van der Waals surface area contributed by atoms with Crippen LogP contribution in [0.5, 0.6) is 0 Å². The molecule has 1 aromatic rings. The van der Waals surface area contributed by atoms with Gasteiger partial charge in [-0.15, -0.1) is 0 Å². The molecule has 0 aromatic heterocycles. The zero-order valence-electron chi connectivity index (χ0n) is 10.0. The number of nitrogens with two attached hydrogens (primary N) is 1. The SMILES string of the molecule is CN(CC(=O)NC1CC1)c1cc(F)cc(F)c1N. The van der Waals surface area contributed by atoms with Crippen molar-refractivity contribution >= 4 is 17.3 Å². The Kier molecular flexibility index (Phi) is 3.36. The molecule has 0 aliphatic heterocycles. The van der Waals surface area contributed by atoms with E-state index >= 15 is 0 Å². The molecule has 1 amide bonds. The molecule has 0 heterocycles. The third-order valence-electron chi connectivity index (χ3n) is 2.81. The van der Waals surface area contributed by atoms with E-state index in [9.17, 15) is 13.6 Å². The minimum Gasteiger partial charge on any atom is -0.395 e. The van der Waals surface area contributed by atoms with Gasteiger partial charge in [0.25, 0.3) is 0 Å². The lowest BCUT2D eigenvalue weighted by atomic mass is 10.2. The molecule has 2 rings (SSSR count). The van der Waals surface area contributed by atoms with Gasteiger partial charge in [-0.1, -0.05) is 0 Å². The first kappa shape index (κ1) is 12.6. The van der Waals surface area contributed by atoms with Gasteiger partial charge in [0.05, 0.1) is 17.9 Å². The molecule has 3 N–H and O–H groups in total. The normalized spacial score (nSPS) is 14.4. The van der Waals surface area contributed by atoms with E-state index in [-0.39, 0.29) is 29.9 Å². The lowest BCUT2D eigenvalue weighted by Gasteiger charge is -2.20. The number of nitrogens with one attached hydrogen (secondary N) is 1. The molecule has 1 aliphatic carbocycles. The molecule has 1 saturated carbocycles. The molecule has 0 saturated heterocycles. The Labute approximate surface area is 104 Å². The highest BCUT2D eigenvalue weighted by Crippen LogP contribution is 2.26. The summed E-state index contributed by atoms with van der Waals surface area (Å²) < 4.78 is 26.4. The van der Waals surface area contributed by atoms with Crippen LogP contribution in [-0.2, 0) is 4.79 Å². The van der Waals surface area contributed by atoms with Crippen LogP contribution in [0.25, 0.3) is 0 Å².